The summed E-state index contributed by atoms with van der Waals surface area (Å²) < 4.78 is 5.20. The molecule has 0 saturated carbocycles. The summed E-state index contributed by atoms with van der Waals surface area (Å²) in [5.74, 6) is -2.68. The number of hydrogen-bond donors (Lipinski definition) is 1. The largest absolute Gasteiger partial charge is 0.504 e. The van der Waals surface area contributed by atoms with Gasteiger partial charge in [0.25, 0.3) is 0 Å². The topological polar surface area (TPSA) is 101 Å². The Labute approximate surface area is 217 Å². The van der Waals surface area contributed by atoms with Crippen molar-refractivity contribution in [2.24, 2.45) is 17.8 Å². The van der Waals surface area contributed by atoms with Gasteiger partial charge in [0.2, 0.25) is 11.8 Å². The highest BCUT2D eigenvalue weighted by Gasteiger charge is 2.56. The van der Waals surface area contributed by atoms with E-state index in [1.807, 2.05) is 23.6 Å². The Bertz CT molecular complexity index is 1460. The van der Waals surface area contributed by atoms with Crippen LogP contribution in [0, 0.1) is 17.8 Å². The molecule has 4 atom stereocenters. The number of nitrogens with zero attached hydrogens (tertiary/aromatic N) is 1. The van der Waals surface area contributed by atoms with Crippen LogP contribution in [-0.4, -0.2) is 40.5 Å². The van der Waals surface area contributed by atoms with Gasteiger partial charge >= 0.3 is 0 Å². The number of ether oxygens (including phenoxy) is 1. The van der Waals surface area contributed by atoms with Gasteiger partial charge in [-0.2, -0.15) is 0 Å². The molecule has 0 bridgehead atoms. The van der Waals surface area contributed by atoms with Crippen LogP contribution < -0.4 is 4.74 Å². The first-order valence-electron chi connectivity index (χ1n) is 12.2. The van der Waals surface area contributed by atoms with Gasteiger partial charge in [-0.25, -0.2) is 0 Å². The Morgan fingerprint density at radius 1 is 1.11 bits per heavy atom. The van der Waals surface area contributed by atoms with Gasteiger partial charge in [0, 0.05) is 27.5 Å². The number of allylic oxidation sites excluding steroid dienone is 6. The number of aromatic hydroxyl groups is 1. The van der Waals surface area contributed by atoms with Crippen LogP contribution in [0.2, 0.25) is 0 Å². The number of carbonyl (C=O) groups is 4. The van der Waals surface area contributed by atoms with E-state index in [2.05, 4.69) is 0 Å². The molecular formula is C29H25NO6S. The van der Waals surface area contributed by atoms with Crippen molar-refractivity contribution in [1.82, 2.24) is 4.90 Å². The second-order valence-corrected chi connectivity index (χ2v) is 11.0. The summed E-state index contributed by atoms with van der Waals surface area (Å²) in [5, 5.41) is 12.4. The fourth-order valence-corrected chi connectivity index (χ4v) is 7.12. The Morgan fingerprint density at radius 2 is 1.92 bits per heavy atom. The Kier molecular flexibility index (Phi) is 5.53. The fraction of sp³-hybridized carbons (Fsp3) is 0.310. The van der Waals surface area contributed by atoms with Gasteiger partial charge in [-0.1, -0.05) is 23.8 Å². The summed E-state index contributed by atoms with van der Waals surface area (Å²) in [7, 11) is 1.46. The molecule has 8 heteroatoms. The molecular weight excluding hydrogens is 490 g/mol. The zero-order chi connectivity index (χ0) is 26.0. The number of hydrogen-bond acceptors (Lipinski definition) is 7. The number of Topliss-reactive ketones (excluding diaryl/α,β-unsaturated/α-hetero) is 1. The lowest BCUT2D eigenvalue weighted by Gasteiger charge is -2.42. The van der Waals surface area contributed by atoms with Gasteiger partial charge in [0.05, 0.1) is 25.5 Å². The summed E-state index contributed by atoms with van der Waals surface area (Å²) in [6.07, 6.45) is 3.98. The molecule has 7 nitrogen and oxygen atoms in total. The van der Waals surface area contributed by atoms with E-state index in [0.717, 1.165) is 10.5 Å². The minimum atomic E-state index is -0.596. The molecule has 37 heavy (non-hydrogen) atoms. The summed E-state index contributed by atoms with van der Waals surface area (Å²) in [6.45, 7) is 1.87. The fourth-order valence-electron chi connectivity index (χ4n) is 6.43. The lowest BCUT2D eigenvalue weighted by molar-refractivity contribution is -0.140. The quantitative estimate of drug-likeness (QED) is 0.374. The Hall–Kier alpha value is -3.78. The molecule has 188 valence electrons. The van der Waals surface area contributed by atoms with Crippen molar-refractivity contribution >= 4 is 34.7 Å². The van der Waals surface area contributed by atoms with E-state index in [4.69, 9.17) is 4.74 Å². The molecule has 3 aliphatic carbocycles. The van der Waals surface area contributed by atoms with E-state index in [-0.39, 0.29) is 48.0 Å². The summed E-state index contributed by atoms with van der Waals surface area (Å²) >= 11 is 1.50. The molecule has 0 spiro atoms. The Morgan fingerprint density at radius 3 is 2.62 bits per heavy atom. The van der Waals surface area contributed by atoms with Gasteiger partial charge in [0.1, 0.15) is 0 Å². The summed E-state index contributed by atoms with van der Waals surface area (Å²) in [6, 6.07) is 8.75. The van der Waals surface area contributed by atoms with E-state index >= 15 is 0 Å². The minimum Gasteiger partial charge on any atom is -0.504 e. The number of imide groups is 1. The second kappa shape index (κ2) is 8.66. The molecule has 2 aromatic rings. The third-order valence-electron chi connectivity index (χ3n) is 8.08. The number of phenols is 1. The molecule has 1 aliphatic heterocycles. The number of ketones is 2. The van der Waals surface area contributed by atoms with Crippen LogP contribution in [0.1, 0.15) is 36.1 Å². The van der Waals surface area contributed by atoms with Crippen LogP contribution in [0.3, 0.4) is 0 Å². The van der Waals surface area contributed by atoms with E-state index < -0.39 is 17.8 Å². The lowest BCUT2D eigenvalue weighted by atomic mass is 9.59. The molecule has 6 rings (SSSR count). The van der Waals surface area contributed by atoms with E-state index in [9.17, 15) is 24.3 Å². The minimum absolute atomic E-state index is 0.0749. The molecule has 0 unspecified atom stereocenters. The highest BCUT2D eigenvalue weighted by atomic mass is 32.1. The molecule has 1 saturated heterocycles. The normalized spacial score (nSPS) is 27.0. The molecule has 1 N–H and O–H groups in total. The number of fused-ring (bicyclic) bond motifs is 3. The van der Waals surface area contributed by atoms with Crippen molar-refractivity contribution in [2.45, 2.75) is 32.2 Å². The standard InChI is InChI=1S/C29H25NO6S/c1-14-10-22(32)26-20(27(14)33)12-19-17(24(26)15-5-8-23(36-2)21(31)11-15)6-7-18-25(19)29(35)30(28(18)34)13-16-4-3-9-37-16/h3-6,8-11,18-19,24-25,31H,7,12-13H2,1-2H3/t18-,19+,24-,25-/m0/s1. The smallest absolute Gasteiger partial charge is 0.234 e. The number of amides is 2. The van der Waals surface area contributed by atoms with Crippen LogP contribution in [0.5, 0.6) is 11.5 Å². The van der Waals surface area contributed by atoms with Crippen molar-refractivity contribution in [3.05, 3.63) is 80.6 Å². The van der Waals surface area contributed by atoms with E-state index in [1.165, 1.54) is 29.4 Å². The number of rotatable bonds is 4. The van der Waals surface area contributed by atoms with Crippen LogP contribution in [0.4, 0.5) is 0 Å². The molecule has 1 aromatic carbocycles. The Balaban J connectivity index is 1.46. The maximum Gasteiger partial charge on any atom is 0.234 e. The van der Waals surface area contributed by atoms with Gasteiger partial charge in [-0.15, -0.1) is 11.3 Å². The average Bonchev–Trinajstić information content (AvgIpc) is 3.49. The maximum absolute atomic E-state index is 13.7. The molecule has 0 radical (unpaired) electrons. The molecule has 2 heterocycles. The predicted molar refractivity (Wildman–Crippen MR) is 136 cm³/mol. The SMILES string of the molecule is COc1ccc([C@H]2C3=CC[C@@H]4C(=O)N(Cc5cccs5)C(=O)[C@@H]4[C@@H]3CC3=C2C(=O)C=C(C)C3=O)cc1O. The van der Waals surface area contributed by atoms with Gasteiger partial charge in [-0.3, -0.25) is 24.1 Å². The average molecular weight is 516 g/mol. The van der Waals surface area contributed by atoms with Crippen molar-refractivity contribution in [1.29, 1.82) is 0 Å². The molecule has 4 aliphatic rings. The first-order chi connectivity index (χ1) is 17.8. The van der Waals surface area contributed by atoms with Crippen molar-refractivity contribution in [2.75, 3.05) is 7.11 Å². The highest BCUT2D eigenvalue weighted by molar-refractivity contribution is 7.09. The second-order valence-electron chi connectivity index (χ2n) is 10.0. The number of carbonyl (C=O) groups excluding carboxylic acids is 4. The number of likely N-dealkylation sites (tertiary alicyclic amines) is 1. The predicted octanol–water partition coefficient (Wildman–Crippen LogP) is 4.09. The first kappa shape index (κ1) is 23.6. The maximum atomic E-state index is 13.7. The van der Waals surface area contributed by atoms with Crippen molar-refractivity contribution in [3.8, 4) is 11.5 Å². The summed E-state index contributed by atoms with van der Waals surface area (Å²) in [5.41, 5.74) is 2.67. The zero-order valence-corrected chi connectivity index (χ0v) is 21.2. The van der Waals surface area contributed by atoms with Gasteiger partial charge in [-0.05, 0) is 60.9 Å². The van der Waals surface area contributed by atoms with E-state index in [1.54, 1.807) is 25.1 Å². The number of thiophene rings is 1. The van der Waals surface area contributed by atoms with E-state index in [0.29, 0.717) is 34.5 Å². The third kappa shape index (κ3) is 3.54. The van der Waals surface area contributed by atoms with Crippen molar-refractivity contribution in [3.63, 3.8) is 0 Å². The van der Waals surface area contributed by atoms with Gasteiger partial charge in [0.15, 0.2) is 23.1 Å². The monoisotopic (exact) mass is 515 g/mol. The highest BCUT2D eigenvalue weighted by Crippen LogP contribution is 2.55. The van der Waals surface area contributed by atoms with Crippen LogP contribution in [0.25, 0.3) is 0 Å². The number of methoxy groups -OCH3 is 1. The molecule has 2 amide bonds. The molecule has 1 fully saturated rings. The van der Waals surface area contributed by atoms with Crippen LogP contribution in [0.15, 0.2) is 70.2 Å². The summed E-state index contributed by atoms with van der Waals surface area (Å²) in [4.78, 5) is 56.0. The lowest BCUT2D eigenvalue weighted by Crippen LogP contribution is -2.39. The molecule has 1 aromatic heterocycles. The van der Waals surface area contributed by atoms with Crippen molar-refractivity contribution < 1.29 is 29.0 Å². The third-order valence-corrected chi connectivity index (χ3v) is 8.94. The number of benzene rings is 1. The number of phenolic OH excluding ortho intramolecular Hbond substituents is 1. The van der Waals surface area contributed by atoms with Gasteiger partial charge < -0.3 is 9.84 Å². The zero-order valence-electron chi connectivity index (χ0n) is 20.4. The first-order valence-corrected chi connectivity index (χ1v) is 13.1. The van der Waals surface area contributed by atoms with Crippen LogP contribution >= 0.6 is 11.3 Å². The van der Waals surface area contributed by atoms with Crippen LogP contribution in [-0.2, 0) is 25.7 Å².